The Morgan fingerprint density at radius 1 is 1.17 bits per heavy atom. The summed E-state index contributed by atoms with van der Waals surface area (Å²) in [4.78, 5) is 28.9. The summed E-state index contributed by atoms with van der Waals surface area (Å²) < 4.78 is 1.47. The number of hydrogen-bond donors (Lipinski definition) is 1. The van der Waals surface area contributed by atoms with Crippen LogP contribution in [0.2, 0.25) is 0 Å². The minimum Gasteiger partial charge on any atom is -0.322 e. The van der Waals surface area contributed by atoms with E-state index in [9.17, 15) is 9.59 Å². The van der Waals surface area contributed by atoms with E-state index >= 15 is 0 Å². The molecule has 2 amide bonds. The van der Waals surface area contributed by atoms with Crippen LogP contribution in [0.15, 0.2) is 23.1 Å². The molecule has 6 heteroatoms. The van der Waals surface area contributed by atoms with Crippen molar-refractivity contribution in [3.63, 3.8) is 0 Å². The molecule has 2 bridgehead atoms. The molecule has 0 aromatic carbocycles. The lowest BCUT2D eigenvalue weighted by Crippen LogP contribution is -2.54. The molecule has 0 radical (unpaired) electrons. The molecule has 2 aliphatic carbocycles. The fourth-order valence-corrected chi connectivity index (χ4v) is 4.80. The highest BCUT2D eigenvalue weighted by molar-refractivity contribution is 5.89. The quantitative estimate of drug-likeness (QED) is 0.898. The molecule has 4 rings (SSSR count). The van der Waals surface area contributed by atoms with Crippen LogP contribution in [0.5, 0.6) is 0 Å². The second-order valence-electron chi connectivity index (χ2n) is 7.53. The Balaban J connectivity index is 1.33. The molecule has 0 unspecified atom stereocenters. The number of nitrogens with zero attached hydrogens (tertiary/aromatic N) is 3. The van der Waals surface area contributed by atoms with Crippen molar-refractivity contribution in [3.8, 4) is 0 Å². The number of nitrogens with one attached hydrogen (secondary N) is 1. The van der Waals surface area contributed by atoms with Gasteiger partial charge in [0.15, 0.2) is 0 Å². The zero-order chi connectivity index (χ0) is 16.7. The number of aromatic nitrogens is 1. The minimum absolute atomic E-state index is 0.161. The van der Waals surface area contributed by atoms with Crippen LogP contribution in [-0.4, -0.2) is 52.6 Å². The highest BCUT2D eigenvalue weighted by Crippen LogP contribution is 2.46. The van der Waals surface area contributed by atoms with Gasteiger partial charge in [0.05, 0.1) is 0 Å². The van der Waals surface area contributed by atoms with Gasteiger partial charge in [0, 0.05) is 45.5 Å². The van der Waals surface area contributed by atoms with Gasteiger partial charge < -0.3 is 14.8 Å². The highest BCUT2D eigenvalue weighted by atomic mass is 16.2. The fourth-order valence-electron chi connectivity index (χ4n) is 4.80. The van der Waals surface area contributed by atoms with Crippen LogP contribution in [-0.2, 0) is 7.05 Å². The van der Waals surface area contributed by atoms with E-state index in [1.54, 1.807) is 25.4 Å². The first-order valence-corrected chi connectivity index (χ1v) is 9.07. The summed E-state index contributed by atoms with van der Waals surface area (Å²) in [6.07, 6.45) is 7.29. The molecule has 1 aromatic heterocycles. The Kier molecular flexibility index (Phi) is 4.08. The second kappa shape index (κ2) is 6.24. The Morgan fingerprint density at radius 3 is 2.62 bits per heavy atom. The third-order valence-corrected chi connectivity index (χ3v) is 6.14. The molecule has 2 saturated carbocycles. The Hall–Kier alpha value is -1.82. The topological polar surface area (TPSA) is 57.6 Å². The number of carbonyl (C=O) groups excluding carboxylic acids is 1. The second-order valence-corrected chi connectivity index (χ2v) is 7.53. The summed E-state index contributed by atoms with van der Waals surface area (Å²) in [7, 11) is 1.69. The van der Waals surface area contributed by atoms with Crippen LogP contribution in [0.3, 0.4) is 0 Å². The van der Waals surface area contributed by atoms with E-state index in [1.807, 2.05) is 4.90 Å². The molecule has 2 heterocycles. The monoisotopic (exact) mass is 330 g/mol. The van der Waals surface area contributed by atoms with Gasteiger partial charge in [0.2, 0.25) is 0 Å². The van der Waals surface area contributed by atoms with E-state index in [4.69, 9.17) is 0 Å². The van der Waals surface area contributed by atoms with Crippen molar-refractivity contribution in [1.29, 1.82) is 0 Å². The highest BCUT2D eigenvalue weighted by Gasteiger charge is 2.42. The number of pyridine rings is 1. The average molecular weight is 330 g/mol. The summed E-state index contributed by atoms with van der Waals surface area (Å²) in [5.74, 6) is 1.85. The maximum absolute atomic E-state index is 12.4. The van der Waals surface area contributed by atoms with E-state index in [0.29, 0.717) is 5.69 Å². The van der Waals surface area contributed by atoms with Gasteiger partial charge in [0.25, 0.3) is 5.56 Å². The number of hydrogen-bond acceptors (Lipinski definition) is 3. The van der Waals surface area contributed by atoms with Crippen molar-refractivity contribution < 1.29 is 4.79 Å². The minimum atomic E-state index is -0.175. The number of fused-ring (bicyclic) bond motifs is 2. The fraction of sp³-hybridized carbons (Fsp3) is 0.667. The molecule has 3 atom stereocenters. The predicted molar refractivity (Wildman–Crippen MR) is 93.1 cm³/mol. The van der Waals surface area contributed by atoms with E-state index in [-0.39, 0.29) is 11.6 Å². The van der Waals surface area contributed by atoms with E-state index in [2.05, 4.69) is 10.2 Å². The Labute approximate surface area is 142 Å². The van der Waals surface area contributed by atoms with E-state index in [0.717, 1.165) is 44.1 Å². The van der Waals surface area contributed by atoms with Gasteiger partial charge in [-0.3, -0.25) is 9.69 Å². The van der Waals surface area contributed by atoms with Crippen molar-refractivity contribution in [2.75, 3.05) is 31.5 Å². The first-order chi connectivity index (χ1) is 11.6. The molecule has 24 heavy (non-hydrogen) atoms. The van der Waals surface area contributed by atoms with Crippen LogP contribution in [0.4, 0.5) is 10.5 Å². The molecule has 6 nitrogen and oxygen atoms in total. The van der Waals surface area contributed by atoms with Crippen molar-refractivity contribution in [2.45, 2.75) is 31.7 Å². The van der Waals surface area contributed by atoms with Gasteiger partial charge in [-0.05, 0) is 43.2 Å². The largest absolute Gasteiger partial charge is 0.322 e. The third kappa shape index (κ3) is 2.83. The molecule has 130 valence electrons. The van der Waals surface area contributed by atoms with Crippen molar-refractivity contribution >= 4 is 11.7 Å². The van der Waals surface area contributed by atoms with Crippen molar-refractivity contribution in [3.05, 3.63) is 28.7 Å². The number of anilines is 1. The SMILES string of the molecule is Cn1cccc(NC(=O)N2CCN([C@@H]3C[C@H]4CC[C@H]3C4)CC2)c1=O. The summed E-state index contributed by atoms with van der Waals surface area (Å²) in [5.41, 5.74) is 0.173. The summed E-state index contributed by atoms with van der Waals surface area (Å²) in [6, 6.07) is 4.01. The van der Waals surface area contributed by atoms with Gasteiger partial charge in [-0.1, -0.05) is 6.42 Å². The van der Waals surface area contributed by atoms with E-state index < -0.39 is 0 Å². The molecule has 1 aliphatic heterocycles. The first-order valence-electron chi connectivity index (χ1n) is 9.07. The lowest BCUT2D eigenvalue weighted by Gasteiger charge is -2.40. The molecule has 3 aliphatic rings. The zero-order valence-corrected chi connectivity index (χ0v) is 14.3. The van der Waals surface area contributed by atoms with Gasteiger partial charge in [-0.25, -0.2) is 4.79 Å². The zero-order valence-electron chi connectivity index (χ0n) is 14.3. The number of rotatable bonds is 2. The van der Waals surface area contributed by atoms with Gasteiger partial charge >= 0.3 is 6.03 Å². The molecule has 0 spiro atoms. The van der Waals surface area contributed by atoms with Crippen LogP contribution in [0.25, 0.3) is 0 Å². The summed E-state index contributed by atoms with van der Waals surface area (Å²) in [6.45, 7) is 3.39. The maximum Gasteiger partial charge on any atom is 0.322 e. The molecule has 1 saturated heterocycles. The summed E-state index contributed by atoms with van der Waals surface area (Å²) in [5, 5.41) is 2.77. The molecule has 1 aromatic rings. The number of aryl methyl sites for hydroxylation is 1. The summed E-state index contributed by atoms with van der Waals surface area (Å²) >= 11 is 0. The van der Waals surface area contributed by atoms with Crippen molar-refractivity contribution in [2.24, 2.45) is 18.9 Å². The van der Waals surface area contributed by atoms with Gasteiger partial charge in [-0.15, -0.1) is 0 Å². The van der Waals surface area contributed by atoms with E-state index in [1.165, 1.54) is 30.3 Å². The normalized spacial score (nSPS) is 29.9. The first kappa shape index (κ1) is 15.7. The van der Waals surface area contributed by atoms with Gasteiger partial charge in [-0.2, -0.15) is 0 Å². The Bertz CT molecular complexity index is 678. The number of carbonyl (C=O) groups is 1. The number of urea groups is 1. The third-order valence-electron chi connectivity index (χ3n) is 6.14. The standard InChI is InChI=1S/C18H26N4O2/c1-20-6-2-3-15(17(20)23)19-18(24)22-9-7-21(8-10-22)16-12-13-4-5-14(16)11-13/h2-3,6,13-14,16H,4-5,7-12H2,1H3,(H,19,24)/t13-,14-,16+/m0/s1. The number of piperazine rings is 1. The molecular formula is C18H26N4O2. The lowest BCUT2D eigenvalue weighted by molar-refractivity contribution is 0.0860. The smallest absolute Gasteiger partial charge is 0.322 e. The number of amides is 2. The van der Waals surface area contributed by atoms with Crippen molar-refractivity contribution in [1.82, 2.24) is 14.4 Å². The molecule has 1 N–H and O–H groups in total. The van der Waals surface area contributed by atoms with Crippen LogP contribution < -0.4 is 10.9 Å². The van der Waals surface area contributed by atoms with Crippen LogP contribution >= 0.6 is 0 Å². The molecular weight excluding hydrogens is 304 g/mol. The van der Waals surface area contributed by atoms with Crippen LogP contribution in [0, 0.1) is 11.8 Å². The average Bonchev–Trinajstić information content (AvgIpc) is 3.22. The Morgan fingerprint density at radius 2 is 1.96 bits per heavy atom. The maximum atomic E-state index is 12.4. The van der Waals surface area contributed by atoms with Gasteiger partial charge in [0.1, 0.15) is 5.69 Å². The molecule has 3 fully saturated rings. The lowest BCUT2D eigenvalue weighted by atomic mass is 9.93. The van der Waals surface area contributed by atoms with Crippen LogP contribution in [0.1, 0.15) is 25.7 Å². The predicted octanol–water partition coefficient (Wildman–Crippen LogP) is 1.72.